The normalized spacial score (nSPS) is 19.9. The van der Waals surface area contributed by atoms with Gasteiger partial charge in [0.15, 0.2) is 0 Å². The molecule has 0 bridgehead atoms. The Hall–Kier alpha value is -2.40. The van der Waals surface area contributed by atoms with Crippen LogP contribution in [0.4, 0.5) is 5.82 Å². The van der Waals surface area contributed by atoms with Gasteiger partial charge in [0, 0.05) is 39.0 Å². The smallest absolute Gasteiger partial charge is 0.230 e. The molecular formula is C23H29N3O2. The number of hydrogen-bond acceptors (Lipinski definition) is 4. The third-order valence-corrected chi connectivity index (χ3v) is 6.25. The van der Waals surface area contributed by atoms with Gasteiger partial charge in [0.05, 0.1) is 5.41 Å². The second kappa shape index (κ2) is 8.74. The van der Waals surface area contributed by atoms with Crippen molar-refractivity contribution in [1.82, 2.24) is 10.3 Å². The van der Waals surface area contributed by atoms with Crippen LogP contribution in [0.5, 0.6) is 0 Å². The molecule has 2 aromatic rings. The zero-order valence-corrected chi connectivity index (χ0v) is 16.3. The van der Waals surface area contributed by atoms with E-state index in [9.17, 15) is 4.79 Å². The summed E-state index contributed by atoms with van der Waals surface area (Å²) in [6.07, 6.45) is 5.51. The standard InChI is InChI=1S/C23H29N3O2/c27-22(23(11-16-28-17-12-23)20-6-2-1-3-7-20)25-18-19-9-14-26(15-10-19)21-8-4-5-13-24-21/h1-8,13,19H,9-12,14-18H2,(H,25,27). The van der Waals surface area contributed by atoms with Gasteiger partial charge in [-0.2, -0.15) is 0 Å². The lowest BCUT2D eigenvalue weighted by Gasteiger charge is -2.37. The molecule has 0 unspecified atom stereocenters. The molecule has 2 aliphatic heterocycles. The zero-order chi connectivity index (χ0) is 19.2. The number of hydrogen-bond donors (Lipinski definition) is 1. The first-order valence-corrected chi connectivity index (χ1v) is 10.4. The Morgan fingerprint density at radius 3 is 2.46 bits per heavy atom. The van der Waals surface area contributed by atoms with E-state index in [1.165, 1.54) is 0 Å². The van der Waals surface area contributed by atoms with Crippen LogP contribution in [0.2, 0.25) is 0 Å². The van der Waals surface area contributed by atoms with Gasteiger partial charge >= 0.3 is 0 Å². The number of ether oxygens (including phenoxy) is 1. The summed E-state index contributed by atoms with van der Waals surface area (Å²) in [5.74, 6) is 1.74. The third kappa shape index (κ3) is 4.04. The topological polar surface area (TPSA) is 54.5 Å². The SMILES string of the molecule is O=C(NCC1CCN(c2ccccn2)CC1)C1(c2ccccc2)CCOCC1. The number of benzene rings is 1. The minimum atomic E-state index is -0.450. The lowest BCUT2D eigenvalue weighted by Crippen LogP contribution is -2.49. The lowest BCUT2D eigenvalue weighted by atomic mass is 9.73. The summed E-state index contributed by atoms with van der Waals surface area (Å²) in [7, 11) is 0. The number of aromatic nitrogens is 1. The molecule has 5 nitrogen and oxygen atoms in total. The Balaban J connectivity index is 1.34. The van der Waals surface area contributed by atoms with Crippen LogP contribution < -0.4 is 10.2 Å². The average Bonchev–Trinajstić information content (AvgIpc) is 2.79. The van der Waals surface area contributed by atoms with E-state index >= 15 is 0 Å². The lowest BCUT2D eigenvalue weighted by molar-refractivity contribution is -0.130. The molecule has 0 aliphatic carbocycles. The van der Waals surface area contributed by atoms with Crippen LogP contribution in [-0.4, -0.2) is 43.7 Å². The molecule has 0 radical (unpaired) electrons. The molecule has 1 aromatic heterocycles. The average molecular weight is 380 g/mol. The first kappa shape index (κ1) is 18.9. The highest BCUT2D eigenvalue weighted by molar-refractivity contribution is 5.88. The number of carbonyl (C=O) groups is 1. The quantitative estimate of drug-likeness (QED) is 0.867. The Bertz CT molecular complexity index is 752. The van der Waals surface area contributed by atoms with Crippen LogP contribution in [0.3, 0.4) is 0 Å². The van der Waals surface area contributed by atoms with Gasteiger partial charge in [-0.15, -0.1) is 0 Å². The summed E-state index contributed by atoms with van der Waals surface area (Å²) in [4.78, 5) is 20.0. The fourth-order valence-electron chi connectivity index (χ4n) is 4.44. The van der Waals surface area contributed by atoms with E-state index in [0.29, 0.717) is 19.1 Å². The van der Waals surface area contributed by atoms with E-state index in [1.54, 1.807) is 0 Å². The molecule has 1 amide bonds. The van der Waals surface area contributed by atoms with Crippen LogP contribution in [-0.2, 0) is 14.9 Å². The Labute approximate surface area is 167 Å². The van der Waals surface area contributed by atoms with E-state index in [0.717, 1.165) is 56.7 Å². The van der Waals surface area contributed by atoms with Crippen molar-refractivity contribution in [3.05, 3.63) is 60.3 Å². The van der Waals surface area contributed by atoms with E-state index in [1.807, 2.05) is 36.5 Å². The summed E-state index contributed by atoms with van der Waals surface area (Å²) in [5.41, 5.74) is 0.662. The molecule has 1 N–H and O–H groups in total. The molecule has 1 aromatic carbocycles. The van der Waals surface area contributed by atoms with Crippen molar-refractivity contribution in [2.45, 2.75) is 31.1 Å². The molecule has 0 spiro atoms. The Kier molecular flexibility index (Phi) is 5.91. The van der Waals surface area contributed by atoms with Crippen LogP contribution in [0.25, 0.3) is 0 Å². The van der Waals surface area contributed by atoms with Crippen molar-refractivity contribution >= 4 is 11.7 Å². The first-order chi connectivity index (χ1) is 13.8. The maximum Gasteiger partial charge on any atom is 0.230 e. The summed E-state index contributed by atoms with van der Waals surface area (Å²) in [5, 5.41) is 3.29. The van der Waals surface area contributed by atoms with Crippen LogP contribution in [0.1, 0.15) is 31.2 Å². The monoisotopic (exact) mass is 379 g/mol. The van der Waals surface area contributed by atoms with Crippen molar-refractivity contribution in [1.29, 1.82) is 0 Å². The fourth-order valence-corrected chi connectivity index (χ4v) is 4.44. The molecule has 2 aliphatic rings. The van der Waals surface area contributed by atoms with E-state index in [2.05, 4.69) is 33.4 Å². The van der Waals surface area contributed by atoms with Gasteiger partial charge in [0.2, 0.25) is 5.91 Å². The Morgan fingerprint density at radius 2 is 1.79 bits per heavy atom. The van der Waals surface area contributed by atoms with E-state index < -0.39 is 5.41 Å². The Morgan fingerprint density at radius 1 is 1.07 bits per heavy atom. The van der Waals surface area contributed by atoms with Crippen molar-refractivity contribution < 1.29 is 9.53 Å². The number of anilines is 1. The van der Waals surface area contributed by atoms with E-state index in [-0.39, 0.29) is 5.91 Å². The highest BCUT2D eigenvalue weighted by Crippen LogP contribution is 2.35. The predicted octanol–water partition coefficient (Wildman–Crippen LogP) is 3.16. The molecule has 3 heterocycles. The number of amides is 1. The summed E-state index contributed by atoms with van der Waals surface area (Å²) < 4.78 is 5.55. The van der Waals surface area contributed by atoms with E-state index in [4.69, 9.17) is 4.74 Å². The molecule has 5 heteroatoms. The predicted molar refractivity (Wildman–Crippen MR) is 110 cm³/mol. The van der Waals surface area contributed by atoms with Gasteiger partial charge < -0.3 is 15.0 Å². The molecule has 2 fully saturated rings. The molecule has 0 atom stereocenters. The van der Waals surface area contributed by atoms with Crippen LogP contribution in [0, 0.1) is 5.92 Å². The number of pyridine rings is 1. The number of carbonyl (C=O) groups excluding carboxylic acids is 1. The molecule has 148 valence electrons. The van der Waals surface area contributed by atoms with Gasteiger partial charge in [-0.25, -0.2) is 4.98 Å². The molecule has 0 saturated carbocycles. The first-order valence-electron chi connectivity index (χ1n) is 10.4. The van der Waals surface area contributed by atoms with Crippen LogP contribution >= 0.6 is 0 Å². The van der Waals surface area contributed by atoms with Gasteiger partial charge in [0.1, 0.15) is 5.82 Å². The number of nitrogens with one attached hydrogen (secondary N) is 1. The summed E-state index contributed by atoms with van der Waals surface area (Å²) >= 11 is 0. The van der Waals surface area contributed by atoms with Crippen molar-refractivity contribution in [3.8, 4) is 0 Å². The maximum atomic E-state index is 13.3. The molecule has 2 saturated heterocycles. The van der Waals surface area contributed by atoms with Crippen molar-refractivity contribution in [3.63, 3.8) is 0 Å². The highest BCUT2D eigenvalue weighted by Gasteiger charge is 2.41. The fraction of sp³-hybridized carbons (Fsp3) is 0.478. The van der Waals surface area contributed by atoms with Gasteiger partial charge in [-0.1, -0.05) is 36.4 Å². The minimum absolute atomic E-state index is 0.161. The number of nitrogens with zero attached hydrogens (tertiary/aromatic N) is 2. The zero-order valence-electron chi connectivity index (χ0n) is 16.3. The second-order valence-electron chi connectivity index (χ2n) is 7.89. The second-order valence-corrected chi connectivity index (χ2v) is 7.89. The van der Waals surface area contributed by atoms with Crippen LogP contribution in [0.15, 0.2) is 54.7 Å². The summed E-state index contributed by atoms with van der Waals surface area (Å²) in [6.45, 7) is 4.03. The van der Waals surface area contributed by atoms with Gasteiger partial charge in [0.25, 0.3) is 0 Å². The number of piperidine rings is 1. The highest BCUT2D eigenvalue weighted by atomic mass is 16.5. The summed E-state index contributed by atoms with van der Waals surface area (Å²) in [6, 6.07) is 16.3. The van der Waals surface area contributed by atoms with Crippen molar-refractivity contribution in [2.24, 2.45) is 5.92 Å². The third-order valence-electron chi connectivity index (χ3n) is 6.25. The van der Waals surface area contributed by atoms with Gasteiger partial charge in [-0.05, 0) is 49.3 Å². The van der Waals surface area contributed by atoms with Gasteiger partial charge in [-0.3, -0.25) is 4.79 Å². The largest absolute Gasteiger partial charge is 0.381 e. The van der Waals surface area contributed by atoms with Crippen molar-refractivity contribution in [2.75, 3.05) is 37.7 Å². The molecule has 28 heavy (non-hydrogen) atoms. The minimum Gasteiger partial charge on any atom is -0.381 e. The molecular weight excluding hydrogens is 350 g/mol. The number of rotatable bonds is 5. The molecule has 4 rings (SSSR count). The maximum absolute atomic E-state index is 13.3.